The topological polar surface area (TPSA) is 108 Å². The number of nitrogens with one attached hydrogen (secondary N) is 2. The second-order valence-electron chi connectivity index (χ2n) is 8.43. The van der Waals surface area contributed by atoms with Gasteiger partial charge in [-0.15, -0.1) is 11.3 Å². The van der Waals surface area contributed by atoms with Gasteiger partial charge in [-0.1, -0.05) is 6.07 Å². The number of aromatic nitrogens is 2. The number of hydrogen-bond acceptors (Lipinski definition) is 7. The highest BCUT2D eigenvalue weighted by Crippen LogP contribution is 2.27. The predicted octanol–water partition coefficient (Wildman–Crippen LogP) is 2.50. The van der Waals surface area contributed by atoms with Gasteiger partial charge in [0.25, 0.3) is 10.0 Å². The Bertz CT molecular complexity index is 1220. The second-order valence-corrected chi connectivity index (χ2v) is 11.5. The fourth-order valence-electron chi connectivity index (χ4n) is 4.34. The molecule has 2 aromatic heterocycles. The summed E-state index contributed by atoms with van der Waals surface area (Å²) in [4.78, 5) is 23.3. The molecule has 5 rings (SSSR count). The van der Waals surface area contributed by atoms with Crippen LogP contribution in [0.3, 0.4) is 0 Å². The first kappa shape index (κ1) is 22.5. The van der Waals surface area contributed by atoms with Gasteiger partial charge in [-0.3, -0.25) is 9.69 Å². The summed E-state index contributed by atoms with van der Waals surface area (Å²) < 4.78 is 32.8. The number of hydrogen-bond donors (Lipinski definition) is 2. The number of morpholine rings is 1. The van der Waals surface area contributed by atoms with Gasteiger partial charge in [-0.25, -0.2) is 13.4 Å². The third-order valence-corrected chi connectivity index (χ3v) is 9.36. The van der Waals surface area contributed by atoms with E-state index in [1.807, 2.05) is 18.2 Å². The van der Waals surface area contributed by atoms with Crippen molar-refractivity contribution < 1.29 is 17.9 Å². The van der Waals surface area contributed by atoms with Crippen LogP contribution in [0.15, 0.2) is 39.9 Å². The zero-order valence-electron chi connectivity index (χ0n) is 18.2. The standard InChI is InChI=1S/C22H27N5O4S2/c28-22(16-3-1-7-27(14-16)33(29,30)21-4-2-12-32-21)23-17-5-6-18-19(13-17)25-20(24-18)15-26-8-10-31-11-9-26/h2,4-6,12-13,16H,1,3,7-11,14-15H2,(H,23,28)(H,24,25). The first-order chi connectivity index (χ1) is 16.0. The summed E-state index contributed by atoms with van der Waals surface area (Å²) in [6.45, 7) is 4.62. The molecule has 2 fully saturated rings. The fraction of sp³-hybridized carbons (Fsp3) is 0.455. The average molecular weight is 490 g/mol. The fourth-order valence-corrected chi connectivity index (χ4v) is 7.01. The van der Waals surface area contributed by atoms with E-state index in [2.05, 4.69) is 20.2 Å². The molecule has 1 aromatic carbocycles. The van der Waals surface area contributed by atoms with Crippen molar-refractivity contribution in [3.05, 3.63) is 41.5 Å². The molecule has 2 saturated heterocycles. The molecule has 11 heteroatoms. The molecule has 4 heterocycles. The van der Waals surface area contributed by atoms with E-state index in [9.17, 15) is 13.2 Å². The number of ether oxygens (including phenoxy) is 1. The third kappa shape index (κ3) is 4.97. The predicted molar refractivity (Wildman–Crippen MR) is 127 cm³/mol. The van der Waals surface area contributed by atoms with Gasteiger partial charge < -0.3 is 15.0 Å². The minimum absolute atomic E-state index is 0.159. The highest BCUT2D eigenvalue weighted by Gasteiger charge is 2.33. The number of nitrogens with zero attached hydrogens (tertiary/aromatic N) is 3. The van der Waals surface area contributed by atoms with Crippen molar-refractivity contribution in [2.75, 3.05) is 44.7 Å². The van der Waals surface area contributed by atoms with Gasteiger partial charge in [0.2, 0.25) is 5.91 Å². The highest BCUT2D eigenvalue weighted by atomic mass is 32.2. The third-order valence-electron chi connectivity index (χ3n) is 6.12. The molecular formula is C22H27N5O4S2. The Morgan fingerprint density at radius 2 is 2.09 bits per heavy atom. The molecule has 176 valence electrons. The number of fused-ring (bicyclic) bond motifs is 1. The molecule has 0 aliphatic carbocycles. The monoisotopic (exact) mass is 489 g/mol. The molecule has 9 nitrogen and oxygen atoms in total. The maximum Gasteiger partial charge on any atom is 0.252 e. The zero-order valence-corrected chi connectivity index (χ0v) is 19.8. The van der Waals surface area contributed by atoms with Crippen molar-refractivity contribution in [2.24, 2.45) is 5.92 Å². The number of sulfonamides is 1. The minimum Gasteiger partial charge on any atom is -0.379 e. The maximum atomic E-state index is 13.0. The van der Waals surface area contributed by atoms with Gasteiger partial charge in [0.15, 0.2) is 0 Å². The first-order valence-corrected chi connectivity index (χ1v) is 13.4. The number of benzene rings is 1. The number of piperidine rings is 1. The molecule has 0 bridgehead atoms. The van der Waals surface area contributed by atoms with Crippen LogP contribution in [0.4, 0.5) is 5.69 Å². The summed E-state index contributed by atoms with van der Waals surface area (Å²) >= 11 is 1.20. The van der Waals surface area contributed by atoms with Gasteiger partial charge >= 0.3 is 0 Å². The van der Waals surface area contributed by atoms with Crippen molar-refractivity contribution in [1.82, 2.24) is 19.2 Å². The van der Waals surface area contributed by atoms with Crippen molar-refractivity contribution in [1.29, 1.82) is 0 Å². The van der Waals surface area contributed by atoms with Crippen molar-refractivity contribution >= 4 is 44.0 Å². The molecule has 1 amide bonds. The number of carbonyl (C=O) groups excluding carboxylic acids is 1. The maximum absolute atomic E-state index is 13.0. The van der Waals surface area contributed by atoms with Gasteiger partial charge in [-0.05, 0) is 42.5 Å². The summed E-state index contributed by atoms with van der Waals surface area (Å²) in [7, 11) is -3.55. The Labute approximate surface area is 196 Å². The number of imidazole rings is 1. The van der Waals surface area contributed by atoms with E-state index in [-0.39, 0.29) is 18.4 Å². The molecule has 0 radical (unpaired) electrons. The second kappa shape index (κ2) is 9.51. The van der Waals surface area contributed by atoms with E-state index < -0.39 is 10.0 Å². The molecule has 2 aliphatic heterocycles. The first-order valence-electron chi connectivity index (χ1n) is 11.1. The van der Waals surface area contributed by atoms with E-state index in [0.29, 0.717) is 29.3 Å². The molecule has 0 spiro atoms. The van der Waals surface area contributed by atoms with E-state index in [0.717, 1.165) is 49.7 Å². The van der Waals surface area contributed by atoms with Crippen LogP contribution in [-0.4, -0.2) is 72.9 Å². The number of thiophene rings is 1. The molecular weight excluding hydrogens is 462 g/mol. The number of H-pyrrole nitrogens is 1. The summed E-state index contributed by atoms with van der Waals surface area (Å²) in [5.41, 5.74) is 2.39. The van der Waals surface area contributed by atoms with Gasteiger partial charge in [-0.2, -0.15) is 4.31 Å². The van der Waals surface area contributed by atoms with E-state index in [4.69, 9.17) is 4.74 Å². The number of amides is 1. The van der Waals surface area contributed by atoms with Crippen LogP contribution < -0.4 is 5.32 Å². The van der Waals surface area contributed by atoms with Crippen molar-refractivity contribution in [3.63, 3.8) is 0 Å². The Hall–Kier alpha value is -2.31. The normalized spacial score (nSPS) is 20.8. The van der Waals surface area contributed by atoms with Crippen LogP contribution in [0.5, 0.6) is 0 Å². The van der Waals surface area contributed by atoms with Crippen LogP contribution in [0.2, 0.25) is 0 Å². The molecule has 1 atom stereocenters. The number of anilines is 1. The average Bonchev–Trinajstić information content (AvgIpc) is 3.50. The lowest BCUT2D eigenvalue weighted by atomic mass is 9.98. The zero-order chi connectivity index (χ0) is 22.8. The molecule has 0 saturated carbocycles. The Balaban J connectivity index is 1.24. The van der Waals surface area contributed by atoms with Crippen LogP contribution >= 0.6 is 11.3 Å². The largest absolute Gasteiger partial charge is 0.379 e. The van der Waals surface area contributed by atoms with Crippen molar-refractivity contribution in [2.45, 2.75) is 23.6 Å². The van der Waals surface area contributed by atoms with Gasteiger partial charge in [0.05, 0.1) is 36.7 Å². The van der Waals surface area contributed by atoms with Crippen molar-refractivity contribution in [3.8, 4) is 0 Å². The van der Waals surface area contributed by atoms with Crippen LogP contribution in [-0.2, 0) is 26.1 Å². The quantitative estimate of drug-likeness (QED) is 0.551. The SMILES string of the molecule is O=C(Nc1ccc2nc(CN3CCOCC3)[nH]c2c1)C1CCCN(S(=O)(=O)c2cccs2)C1. The lowest BCUT2D eigenvalue weighted by Crippen LogP contribution is -2.43. The number of carbonyl (C=O) groups is 1. The molecule has 3 aromatic rings. The molecule has 2 N–H and O–H groups in total. The minimum atomic E-state index is -3.55. The van der Waals surface area contributed by atoms with Gasteiger partial charge in [0.1, 0.15) is 10.0 Å². The highest BCUT2D eigenvalue weighted by molar-refractivity contribution is 7.91. The lowest BCUT2D eigenvalue weighted by Gasteiger charge is -2.30. The van der Waals surface area contributed by atoms with Crippen LogP contribution in [0, 0.1) is 5.92 Å². The summed E-state index contributed by atoms with van der Waals surface area (Å²) in [5, 5.41) is 4.72. The van der Waals surface area contributed by atoms with E-state index in [1.165, 1.54) is 15.6 Å². The molecule has 2 aliphatic rings. The summed E-state index contributed by atoms with van der Waals surface area (Å²) in [6.07, 6.45) is 1.32. The van der Waals surface area contributed by atoms with Gasteiger partial charge in [0, 0.05) is 31.9 Å². The van der Waals surface area contributed by atoms with Crippen LogP contribution in [0.1, 0.15) is 18.7 Å². The Kier molecular flexibility index (Phi) is 6.48. The smallest absolute Gasteiger partial charge is 0.252 e. The Morgan fingerprint density at radius 3 is 2.88 bits per heavy atom. The lowest BCUT2D eigenvalue weighted by molar-refractivity contribution is -0.120. The number of rotatable bonds is 6. The van der Waals surface area contributed by atoms with E-state index >= 15 is 0 Å². The van der Waals surface area contributed by atoms with E-state index in [1.54, 1.807) is 17.5 Å². The Morgan fingerprint density at radius 1 is 1.24 bits per heavy atom. The summed E-state index contributed by atoms with van der Waals surface area (Å²) in [6, 6.07) is 8.94. The number of aromatic amines is 1. The van der Waals surface area contributed by atoms with Crippen LogP contribution in [0.25, 0.3) is 11.0 Å². The molecule has 1 unspecified atom stereocenters. The molecule has 33 heavy (non-hydrogen) atoms. The summed E-state index contributed by atoms with van der Waals surface area (Å²) in [5.74, 6) is 0.341.